The Bertz CT molecular complexity index is 494. The lowest BCUT2D eigenvalue weighted by Gasteiger charge is -2.38. The maximum absolute atomic E-state index is 12.3. The monoisotopic (exact) mass is 288 g/mol. The maximum atomic E-state index is 12.3. The van der Waals surface area contributed by atoms with Crippen LogP contribution in [0.1, 0.15) is 18.4 Å². The zero-order valence-corrected chi connectivity index (χ0v) is 12.0. The smallest absolute Gasteiger partial charge is 0.243 e. The minimum atomic E-state index is -0.0994. The van der Waals surface area contributed by atoms with E-state index in [0.29, 0.717) is 26.2 Å². The molecule has 2 amide bonds. The van der Waals surface area contributed by atoms with Crippen molar-refractivity contribution in [2.75, 3.05) is 26.3 Å². The van der Waals surface area contributed by atoms with Crippen molar-refractivity contribution in [3.8, 4) is 0 Å². The van der Waals surface area contributed by atoms with Gasteiger partial charge >= 0.3 is 0 Å². The molecule has 0 saturated carbocycles. The highest BCUT2D eigenvalue weighted by Crippen LogP contribution is 2.18. The average Bonchev–Trinajstić information content (AvgIpc) is 2.49. The summed E-state index contributed by atoms with van der Waals surface area (Å²) < 4.78 is 5.39. The van der Waals surface area contributed by atoms with E-state index in [-0.39, 0.29) is 17.9 Å². The molecule has 3 rings (SSSR count). The van der Waals surface area contributed by atoms with Crippen molar-refractivity contribution < 1.29 is 14.3 Å². The number of carbonyl (C=O) groups is 2. The van der Waals surface area contributed by atoms with E-state index in [0.717, 1.165) is 25.0 Å². The molecule has 0 radical (unpaired) electrons. The summed E-state index contributed by atoms with van der Waals surface area (Å²) in [5, 5.41) is 0. The fraction of sp³-hybridized carbons (Fsp3) is 0.500. The minimum Gasteiger partial charge on any atom is -0.379 e. The molecule has 0 N–H and O–H groups in total. The molecular formula is C16H20N2O3. The van der Waals surface area contributed by atoms with Gasteiger partial charge in [0.2, 0.25) is 11.8 Å². The van der Waals surface area contributed by atoms with E-state index < -0.39 is 0 Å². The molecular weight excluding hydrogens is 268 g/mol. The van der Waals surface area contributed by atoms with Crippen LogP contribution in [0, 0.1) is 0 Å². The zero-order valence-electron chi connectivity index (χ0n) is 12.0. The summed E-state index contributed by atoms with van der Waals surface area (Å²) in [6.07, 6.45) is 1.77. The van der Waals surface area contributed by atoms with Gasteiger partial charge in [0.05, 0.1) is 25.7 Å². The van der Waals surface area contributed by atoms with E-state index in [1.54, 1.807) is 0 Å². The number of rotatable bonds is 3. The van der Waals surface area contributed by atoms with Gasteiger partial charge in [-0.1, -0.05) is 30.3 Å². The van der Waals surface area contributed by atoms with E-state index in [1.165, 1.54) is 4.90 Å². The zero-order chi connectivity index (χ0) is 14.7. The molecule has 1 aromatic carbocycles. The minimum absolute atomic E-state index is 0.0716. The SMILES string of the molecule is O=C1CN(Cc2ccccc2)CC(=O)N1C1CCCOC1. The van der Waals surface area contributed by atoms with Gasteiger partial charge in [0, 0.05) is 13.2 Å². The molecule has 1 aromatic rings. The summed E-state index contributed by atoms with van der Waals surface area (Å²) in [6, 6.07) is 9.84. The van der Waals surface area contributed by atoms with Crippen LogP contribution in [-0.2, 0) is 20.9 Å². The number of imide groups is 1. The Morgan fingerprint density at radius 3 is 2.43 bits per heavy atom. The van der Waals surface area contributed by atoms with Crippen LogP contribution in [0.15, 0.2) is 30.3 Å². The van der Waals surface area contributed by atoms with Crippen molar-refractivity contribution in [2.24, 2.45) is 0 Å². The van der Waals surface area contributed by atoms with Crippen LogP contribution >= 0.6 is 0 Å². The van der Waals surface area contributed by atoms with Crippen molar-refractivity contribution in [2.45, 2.75) is 25.4 Å². The standard InChI is InChI=1S/C16H20N2O3/c19-15-10-17(9-13-5-2-1-3-6-13)11-16(20)18(15)14-7-4-8-21-12-14/h1-3,5-6,14H,4,7-12H2. The van der Waals surface area contributed by atoms with Crippen molar-refractivity contribution in [1.82, 2.24) is 9.80 Å². The summed E-state index contributed by atoms with van der Waals surface area (Å²) in [6.45, 7) is 2.45. The summed E-state index contributed by atoms with van der Waals surface area (Å²) >= 11 is 0. The van der Waals surface area contributed by atoms with Crippen molar-refractivity contribution in [1.29, 1.82) is 0 Å². The van der Waals surface area contributed by atoms with Gasteiger partial charge in [-0.15, -0.1) is 0 Å². The third-order valence-electron chi connectivity index (χ3n) is 4.01. The Balaban J connectivity index is 1.64. The van der Waals surface area contributed by atoms with Crippen LogP contribution in [0.25, 0.3) is 0 Å². The number of hydrogen-bond acceptors (Lipinski definition) is 4. The van der Waals surface area contributed by atoms with Crippen LogP contribution in [0.2, 0.25) is 0 Å². The molecule has 2 aliphatic heterocycles. The molecule has 5 heteroatoms. The summed E-state index contributed by atoms with van der Waals surface area (Å²) in [7, 11) is 0. The largest absolute Gasteiger partial charge is 0.379 e. The van der Waals surface area contributed by atoms with Crippen LogP contribution in [0.5, 0.6) is 0 Å². The number of ether oxygens (including phenoxy) is 1. The molecule has 0 spiro atoms. The average molecular weight is 288 g/mol. The molecule has 2 aliphatic rings. The number of amides is 2. The van der Waals surface area contributed by atoms with E-state index >= 15 is 0 Å². The first-order valence-electron chi connectivity index (χ1n) is 7.43. The predicted octanol–water partition coefficient (Wildman–Crippen LogP) is 1.04. The van der Waals surface area contributed by atoms with Crippen LogP contribution in [0.4, 0.5) is 0 Å². The highest BCUT2D eigenvalue weighted by Gasteiger charge is 2.36. The molecule has 1 unspecified atom stereocenters. The van der Waals surface area contributed by atoms with E-state index in [2.05, 4.69) is 0 Å². The lowest BCUT2D eigenvalue weighted by molar-refractivity contribution is -0.157. The van der Waals surface area contributed by atoms with Crippen LogP contribution in [0.3, 0.4) is 0 Å². The number of carbonyl (C=O) groups excluding carboxylic acids is 2. The summed E-state index contributed by atoms with van der Waals surface area (Å²) in [4.78, 5) is 28.0. The van der Waals surface area contributed by atoms with Gasteiger partial charge in [0.15, 0.2) is 0 Å². The Hall–Kier alpha value is -1.72. The predicted molar refractivity (Wildman–Crippen MR) is 77.4 cm³/mol. The van der Waals surface area contributed by atoms with Gasteiger partial charge in [0.1, 0.15) is 0 Å². The normalized spacial score (nSPS) is 24.4. The first-order chi connectivity index (χ1) is 10.2. The first-order valence-corrected chi connectivity index (χ1v) is 7.43. The molecule has 0 aromatic heterocycles. The van der Waals surface area contributed by atoms with Crippen LogP contribution < -0.4 is 0 Å². The van der Waals surface area contributed by atoms with Crippen molar-refractivity contribution in [3.05, 3.63) is 35.9 Å². The molecule has 1 atom stereocenters. The van der Waals surface area contributed by atoms with E-state index in [9.17, 15) is 9.59 Å². The third-order valence-corrected chi connectivity index (χ3v) is 4.01. The van der Waals surface area contributed by atoms with Gasteiger partial charge in [-0.2, -0.15) is 0 Å². The van der Waals surface area contributed by atoms with Crippen molar-refractivity contribution >= 4 is 11.8 Å². The molecule has 5 nitrogen and oxygen atoms in total. The third kappa shape index (κ3) is 3.31. The Morgan fingerprint density at radius 1 is 1.10 bits per heavy atom. The second-order valence-corrected chi connectivity index (χ2v) is 5.66. The fourth-order valence-electron chi connectivity index (χ4n) is 3.02. The highest BCUT2D eigenvalue weighted by atomic mass is 16.5. The Kier molecular flexibility index (Phi) is 4.31. The molecule has 2 fully saturated rings. The number of benzene rings is 1. The number of hydrogen-bond donors (Lipinski definition) is 0. The molecule has 2 heterocycles. The quantitative estimate of drug-likeness (QED) is 0.780. The first kappa shape index (κ1) is 14.2. The van der Waals surface area contributed by atoms with Gasteiger partial charge in [-0.25, -0.2) is 0 Å². The molecule has 0 bridgehead atoms. The second kappa shape index (κ2) is 6.37. The lowest BCUT2D eigenvalue weighted by atomic mass is 10.1. The Morgan fingerprint density at radius 2 is 1.81 bits per heavy atom. The van der Waals surface area contributed by atoms with Gasteiger partial charge in [-0.05, 0) is 18.4 Å². The lowest BCUT2D eigenvalue weighted by Crippen LogP contribution is -2.58. The Labute approximate surface area is 124 Å². The van der Waals surface area contributed by atoms with Gasteiger partial charge in [0.25, 0.3) is 0 Å². The van der Waals surface area contributed by atoms with Crippen molar-refractivity contribution in [3.63, 3.8) is 0 Å². The number of nitrogens with zero attached hydrogens (tertiary/aromatic N) is 2. The second-order valence-electron chi connectivity index (χ2n) is 5.66. The van der Waals surface area contributed by atoms with Gasteiger partial charge < -0.3 is 4.74 Å². The number of piperazine rings is 1. The molecule has 2 saturated heterocycles. The van der Waals surface area contributed by atoms with E-state index in [4.69, 9.17) is 4.74 Å². The maximum Gasteiger partial charge on any atom is 0.243 e. The highest BCUT2D eigenvalue weighted by molar-refractivity contribution is 5.99. The molecule has 21 heavy (non-hydrogen) atoms. The van der Waals surface area contributed by atoms with Crippen LogP contribution in [-0.4, -0.2) is 54.0 Å². The van der Waals surface area contributed by atoms with E-state index in [1.807, 2.05) is 35.2 Å². The molecule has 0 aliphatic carbocycles. The fourth-order valence-corrected chi connectivity index (χ4v) is 3.02. The molecule has 112 valence electrons. The van der Waals surface area contributed by atoms with Gasteiger partial charge in [-0.3, -0.25) is 19.4 Å². The topological polar surface area (TPSA) is 49.9 Å². The summed E-state index contributed by atoms with van der Waals surface area (Å²) in [5.41, 5.74) is 1.12. The summed E-state index contributed by atoms with van der Waals surface area (Å²) in [5.74, 6) is -0.199.